The molecule has 1 saturated heterocycles. The molecule has 0 saturated carbocycles. The van der Waals surface area contributed by atoms with Gasteiger partial charge in [-0.15, -0.1) is 0 Å². The second kappa shape index (κ2) is 7.90. The van der Waals surface area contributed by atoms with Gasteiger partial charge in [0.2, 0.25) is 0 Å². The molecule has 3 N–H and O–H groups in total. The van der Waals surface area contributed by atoms with E-state index in [1.807, 2.05) is 12.1 Å². The number of fused-ring (bicyclic) bond motifs is 2. The molecule has 2 aliphatic heterocycles. The maximum absolute atomic E-state index is 8.88. The molecule has 2 aromatic carbocycles. The third-order valence-electron chi connectivity index (χ3n) is 6.02. The van der Waals surface area contributed by atoms with Gasteiger partial charge in [0, 0.05) is 29.6 Å². The zero-order valence-electron chi connectivity index (χ0n) is 16.5. The van der Waals surface area contributed by atoms with E-state index in [1.165, 1.54) is 49.2 Å². The lowest BCUT2D eigenvalue weighted by molar-refractivity contribution is 0.221. The number of aliphatic hydroxyl groups excluding tert-OH is 1. The van der Waals surface area contributed by atoms with Crippen LogP contribution in [-0.2, 0) is 13.0 Å². The van der Waals surface area contributed by atoms with Gasteiger partial charge < -0.3 is 10.4 Å². The van der Waals surface area contributed by atoms with Gasteiger partial charge in [0.15, 0.2) is 0 Å². The molecule has 0 aliphatic carbocycles. The molecule has 1 unspecified atom stereocenters. The van der Waals surface area contributed by atoms with Gasteiger partial charge in [0.25, 0.3) is 0 Å². The summed E-state index contributed by atoms with van der Waals surface area (Å²) < 4.78 is 0. The van der Waals surface area contributed by atoms with Gasteiger partial charge in [-0.25, -0.2) is 0 Å². The number of aromatic nitrogens is 2. The van der Waals surface area contributed by atoms with Crippen LogP contribution in [-0.4, -0.2) is 39.9 Å². The van der Waals surface area contributed by atoms with Crippen LogP contribution in [0.25, 0.3) is 10.9 Å². The Kier molecular flexibility index (Phi) is 4.97. The number of nitrogens with zero attached hydrogens (tertiary/aromatic N) is 2. The summed E-state index contributed by atoms with van der Waals surface area (Å²) in [5, 5.41) is 21.4. The summed E-state index contributed by atoms with van der Waals surface area (Å²) in [6.45, 7) is 3.38. The fourth-order valence-corrected chi connectivity index (χ4v) is 4.58. The predicted molar refractivity (Wildman–Crippen MR) is 116 cm³/mol. The maximum Gasteiger partial charge on any atom is 0.104 e. The van der Waals surface area contributed by atoms with Crippen LogP contribution in [0.15, 0.2) is 36.4 Å². The molecule has 3 aromatic rings. The number of hydrogen-bond donors (Lipinski definition) is 3. The first-order chi connectivity index (χ1) is 14.3. The van der Waals surface area contributed by atoms with Crippen molar-refractivity contribution >= 4 is 16.6 Å². The molecule has 0 radical (unpaired) electrons. The van der Waals surface area contributed by atoms with Crippen LogP contribution < -0.4 is 5.32 Å². The quantitative estimate of drug-likeness (QED) is 0.602. The third kappa shape index (κ3) is 3.74. The van der Waals surface area contributed by atoms with E-state index in [0.717, 1.165) is 35.1 Å². The molecule has 1 atom stereocenters. The van der Waals surface area contributed by atoms with Crippen molar-refractivity contribution in [3.63, 3.8) is 0 Å². The van der Waals surface area contributed by atoms with E-state index in [4.69, 9.17) is 5.11 Å². The zero-order chi connectivity index (χ0) is 19.6. The molecule has 0 bridgehead atoms. The Morgan fingerprint density at radius 2 is 2.00 bits per heavy atom. The summed E-state index contributed by atoms with van der Waals surface area (Å²) in [4.78, 5) is 2.57. The van der Waals surface area contributed by atoms with E-state index in [-0.39, 0.29) is 12.6 Å². The standard InChI is InChI=1S/C24H26N4O/c29-12-4-5-17-6-8-20-22(14-17)26-27-24(20)23-15-19-13-18(7-9-21(19)25-23)16-28-10-2-1-3-11-28/h6-9,13-14,23,25,29H,1-3,10-12,15-16H2,(H,26,27). The monoisotopic (exact) mass is 386 g/mol. The van der Waals surface area contributed by atoms with E-state index in [9.17, 15) is 0 Å². The van der Waals surface area contributed by atoms with Crippen molar-refractivity contribution in [1.82, 2.24) is 15.1 Å². The van der Waals surface area contributed by atoms with Crippen LogP contribution in [0.3, 0.4) is 0 Å². The molecule has 3 heterocycles. The maximum atomic E-state index is 8.88. The number of H-pyrrole nitrogens is 1. The molecule has 5 heteroatoms. The van der Waals surface area contributed by atoms with Crippen LogP contribution in [0.1, 0.15) is 47.7 Å². The summed E-state index contributed by atoms with van der Waals surface area (Å²) in [6.07, 6.45) is 5.00. The summed E-state index contributed by atoms with van der Waals surface area (Å²) >= 11 is 0. The highest BCUT2D eigenvalue weighted by molar-refractivity contribution is 5.84. The fourth-order valence-electron chi connectivity index (χ4n) is 4.58. The number of anilines is 1. The Hall–Kier alpha value is -2.81. The Bertz CT molecular complexity index is 1090. The van der Waals surface area contributed by atoms with Gasteiger partial charge in [-0.05, 0) is 61.3 Å². The highest BCUT2D eigenvalue weighted by atomic mass is 16.2. The van der Waals surface area contributed by atoms with E-state index >= 15 is 0 Å². The minimum Gasteiger partial charge on any atom is -0.384 e. The molecule has 1 fully saturated rings. The summed E-state index contributed by atoms with van der Waals surface area (Å²) in [5.74, 6) is 5.63. The Labute approximate surface area is 171 Å². The number of likely N-dealkylation sites (tertiary alicyclic amines) is 1. The smallest absolute Gasteiger partial charge is 0.104 e. The van der Waals surface area contributed by atoms with E-state index in [0.29, 0.717) is 0 Å². The van der Waals surface area contributed by atoms with Crippen LogP contribution >= 0.6 is 0 Å². The number of benzene rings is 2. The second-order valence-corrected chi connectivity index (χ2v) is 8.06. The van der Waals surface area contributed by atoms with Gasteiger partial charge in [0.05, 0.1) is 17.3 Å². The van der Waals surface area contributed by atoms with Gasteiger partial charge in [-0.3, -0.25) is 10.00 Å². The van der Waals surface area contributed by atoms with Crippen LogP contribution in [0.5, 0.6) is 0 Å². The number of aromatic amines is 1. The van der Waals surface area contributed by atoms with Gasteiger partial charge in [-0.1, -0.05) is 30.4 Å². The number of rotatable bonds is 3. The summed E-state index contributed by atoms with van der Waals surface area (Å²) in [5.41, 5.74) is 6.93. The molecule has 5 nitrogen and oxygen atoms in total. The van der Waals surface area contributed by atoms with Crippen LogP contribution in [0.2, 0.25) is 0 Å². The first-order valence-electron chi connectivity index (χ1n) is 10.5. The van der Waals surface area contributed by atoms with Crippen molar-refractivity contribution in [1.29, 1.82) is 0 Å². The largest absolute Gasteiger partial charge is 0.384 e. The topological polar surface area (TPSA) is 64.2 Å². The van der Waals surface area contributed by atoms with Gasteiger partial charge >= 0.3 is 0 Å². The van der Waals surface area contributed by atoms with Gasteiger partial charge in [-0.2, -0.15) is 5.10 Å². The lowest BCUT2D eigenvalue weighted by Gasteiger charge is -2.26. The van der Waals surface area contributed by atoms with Crippen LogP contribution in [0.4, 0.5) is 5.69 Å². The lowest BCUT2D eigenvalue weighted by Crippen LogP contribution is -2.29. The molecule has 148 valence electrons. The Morgan fingerprint density at radius 3 is 2.86 bits per heavy atom. The molecular weight excluding hydrogens is 360 g/mol. The van der Waals surface area contributed by atoms with E-state index in [1.54, 1.807) is 0 Å². The number of piperidine rings is 1. The van der Waals surface area contributed by atoms with Crippen molar-refractivity contribution in [3.05, 3.63) is 58.8 Å². The highest BCUT2D eigenvalue weighted by Crippen LogP contribution is 2.36. The van der Waals surface area contributed by atoms with Crippen molar-refractivity contribution < 1.29 is 5.11 Å². The average molecular weight is 386 g/mol. The van der Waals surface area contributed by atoms with Gasteiger partial charge in [0.1, 0.15) is 6.61 Å². The lowest BCUT2D eigenvalue weighted by atomic mass is 10.0. The van der Waals surface area contributed by atoms with Crippen molar-refractivity contribution in [3.8, 4) is 11.8 Å². The first kappa shape index (κ1) is 18.2. The SMILES string of the molecule is OCC#Cc1ccc2c(C3Cc4cc(CN5CCCCC5)ccc4N3)[nH]nc2c1. The van der Waals surface area contributed by atoms with E-state index < -0.39 is 0 Å². The molecule has 29 heavy (non-hydrogen) atoms. The molecule has 5 rings (SSSR count). The highest BCUT2D eigenvalue weighted by Gasteiger charge is 2.25. The number of hydrogen-bond acceptors (Lipinski definition) is 4. The molecule has 2 aliphatic rings. The molecule has 1 aromatic heterocycles. The fraction of sp³-hybridized carbons (Fsp3) is 0.375. The van der Waals surface area contributed by atoms with Crippen molar-refractivity contribution in [2.24, 2.45) is 0 Å². The second-order valence-electron chi connectivity index (χ2n) is 8.06. The molecule has 0 amide bonds. The molecule has 0 spiro atoms. The van der Waals surface area contributed by atoms with Crippen molar-refractivity contribution in [2.75, 3.05) is 25.0 Å². The molecular formula is C24H26N4O. The predicted octanol–water partition coefficient (Wildman–Crippen LogP) is 3.60. The first-order valence-corrected chi connectivity index (χ1v) is 10.5. The average Bonchev–Trinajstić information content (AvgIpc) is 3.36. The Balaban J connectivity index is 1.34. The van der Waals surface area contributed by atoms with E-state index in [2.05, 4.69) is 56.5 Å². The Morgan fingerprint density at radius 1 is 1.10 bits per heavy atom. The normalized spacial score (nSPS) is 18.9. The zero-order valence-corrected chi connectivity index (χ0v) is 16.5. The summed E-state index contributed by atoms with van der Waals surface area (Å²) in [7, 11) is 0. The van der Waals surface area contributed by atoms with Crippen LogP contribution in [0, 0.1) is 11.8 Å². The van der Waals surface area contributed by atoms with Crippen molar-refractivity contribution in [2.45, 2.75) is 38.3 Å². The minimum atomic E-state index is -0.131. The number of aliphatic hydroxyl groups is 1. The third-order valence-corrected chi connectivity index (χ3v) is 6.02. The summed E-state index contributed by atoms with van der Waals surface area (Å²) in [6, 6.07) is 13.1. The number of nitrogens with one attached hydrogen (secondary N) is 2. The minimum absolute atomic E-state index is 0.131.